The summed E-state index contributed by atoms with van der Waals surface area (Å²) < 4.78 is 37.0. The molecule has 0 fully saturated rings. The zero-order valence-corrected chi connectivity index (χ0v) is 11.5. The highest BCUT2D eigenvalue weighted by molar-refractivity contribution is 5.34. The van der Waals surface area contributed by atoms with Crippen LogP contribution in [0, 0.1) is 0 Å². The summed E-state index contributed by atoms with van der Waals surface area (Å²) in [7, 11) is 0. The Kier molecular flexibility index (Phi) is 7.67. The number of nitrogens with one attached hydrogen (secondary N) is 1. The van der Waals surface area contributed by atoms with Gasteiger partial charge >= 0.3 is 6.18 Å². The van der Waals surface area contributed by atoms with Crippen molar-refractivity contribution < 1.29 is 13.2 Å². The Hall–Kier alpha value is -1.03. The van der Waals surface area contributed by atoms with Gasteiger partial charge in [-0.25, -0.2) is 0 Å². The fraction of sp³-hybridized carbons (Fsp3) is 0.571. The van der Waals surface area contributed by atoms with Gasteiger partial charge in [-0.15, -0.1) is 0 Å². The van der Waals surface area contributed by atoms with Crippen molar-refractivity contribution in [3.63, 3.8) is 0 Å². The second-order valence-corrected chi connectivity index (χ2v) is 3.41. The van der Waals surface area contributed by atoms with E-state index in [0.717, 1.165) is 23.7 Å². The molecule has 0 radical (unpaired) electrons. The van der Waals surface area contributed by atoms with E-state index in [-0.39, 0.29) is 0 Å². The fourth-order valence-electron chi connectivity index (χ4n) is 1.65. The van der Waals surface area contributed by atoms with Crippen LogP contribution in [0.3, 0.4) is 0 Å². The van der Waals surface area contributed by atoms with E-state index >= 15 is 0 Å². The minimum atomic E-state index is -4.22. The summed E-state index contributed by atoms with van der Waals surface area (Å²) in [5.41, 5.74) is 1.25. The predicted octanol–water partition coefficient (Wildman–Crippen LogP) is 4.40. The maximum absolute atomic E-state index is 12.3. The van der Waals surface area contributed by atoms with Gasteiger partial charge in [-0.3, -0.25) is 0 Å². The second kappa shape index (κ2) is 8.14. The Morgan fingerprint density at radius 3 is 2.17 bits per heavy atom. The largest absolute Gasteiger partial charge is 0.416 e. The van der Waals surface area contributed by atoms with Gasteiger partial charge in [0.2, 0.25) is 0 Å². The maximum atomic E-state index is 12.3. The summed E-state index contributed by atoms with van der Waals surface area (Å²) in [6.07, 6.45) is -3.54. The number of hydrogen-bond acceptors (Lipinski definition) is 1. The molecule has 0 atom stereocenters. The molecule has 0 amide bonds. The molecule has 1 aromatic rings. The van der Waals surface area contributed by atoms with Crippen LogP contribution in [0.4, 0.5) is 13.2 Å². The summed E-state index contributed by atoms with van der Waals surface area (Å²) in [6, 6.07) is 3.96. The molecule has 1 N–H and O–H groups in total. The average molecular weight is 261 g/mol. The highest BCUT2D eigenvalue weighted by Gasteiger charge is 2.31. The van der Waals surface area contributed by atoms with Gasteiger partial charge in [0.1, 0.15) is 0 Å². The fourth-order valence-corrected chi connectivity index (χ4v) is 1.65. The van der Waals surface area contributed by atoms with E-state index in [1.807, 2.05) is 27.7 Å². The quantitative estimate of drug-likeness (QED) is 0.729. The third kappa shape index (κ3) is 4.69. The first-order valence-electron chi connectivity index (χ1n) is 6.47. The molecule has 18 heavy (non-hydrogen) atoms. The van der Waals surface area contributed by atoms with Crippen LogP contribution in [0.15, 0.2) is 18.2 Å². The summed E-state index contributed by atoms with van der Waals surface area (Å²) in [5, 5.41) is 3.12. The topological polar surface area (TPSA) is 12.0 Å². The van der Waals surface area contributed by atoms with E-state index in [4.69, 9.17) is 0 Å². The molecule has 1 aromatic carbocycles. The number of halogens is 3. The van der Waals surface area contributed by atoms with Crippen molar-refractivity contribution in [2.24, 2.45) is 0 Å². The summed E-state index contributed by atoms with van der Waals surface area (Å²) in [6.45, 7) is 9.43. The number of alkyl halides is 3. The molecule has 0 spiro atoms. The van der Waals surface area contributed by atoms with Gasteiger partial charge in [-0.05, 0) is 36.2 Å². The molecule has 1 nitrogen and oxygen atoms in total. The lowest BCUT2D eigenvalue weighted by molar-refractivity contribution is -0.137. The Labute approximate surface area is 107 Å². The van der Waals surface area contributed by atoms with Crippen LogP contribution in [0.1, 0.15) is 44.4 Å². The molecule has 4 heteroatoms. The lowest BCUT2D eigenvalue weighted by atomic mass is 9.98. The molecule has 0 saturated heterocycles. The predicted molar refractivity (Wildman–Crippen MR) is 69.6 cm³/mol. The Balaban J connectivity index is 0.000000659. The van der Waals surface area contributed by atoms with Gasteiger partial charge in [-0.2, -0.15) is 13.2 Å². The van der Waals surface area contributed by atoms with Gasteiger partial charge in [0.15, 0.2) is 0 Å². The molecule has 0 aromatic heterocycles. The van der Waals surface area contributed by atoms with Crippen LogP contribution >= 0.6 is 0 Å². The number of hydrogen-bond donors (Lipinski definition) is 1. The molecule has 0 saturated carbocycles. The zero-order chi connectivity index (χ0) is 14.2. The molecule has 104 valence electrons. The van der Waals surface area contributed by atoms with E-state index < -0.39 is 11.7 Å². The van der Waals surface area contributed by atoms with E-state index in [1.165, 1.54) is 6.07 Å². The molecule has 0 bridgehead atoms. The van der Waals surface area contributed by atoms with Crippen LogP contribution in [0.2, 0.25) is 0 Å². The van der Waals surface area contributed by atoms with Crippen molar-refractivity contribution in [3.05, 3.63) is 34.9 Å². The minimum Gasteiger partial charge on any atom is -0.312 e. The summed E-state index contributed by atoms with van der Waals surface area (Å²) in [5.74, 6) is 0. The lowest BCUT2D eigenvalue weighted by Crippen LogP contribution is -2.24. The monoisotopic (exact) mass is 261 g/mol. The molecular formula is C14H22F3N. The first kappa shape index (κ1) is 17.0. The van der Waals surface area contributed by atoms with Gasteiger partial charge in [0.25, 0.3) is 0 Å². The molecule has 1 aliphatic heterocycles. The van der Waals surface area contributed by atoms with Crippen LogP contribution in [0.25, 0.3) is 0 Å². The second-order valence-electron chi connectivity index (χ2n) is 3.41. The molecule has 2 rings (SSSR count). The molecule has 0 unspecified atom stereocenters. The third-order valence-electron chi connectivity index (χ3n) is 2.42. The molecule has 0 aliphatic carbocycles. The maximum Gasteiger partial charge on any atom is 0.416 e. The standard InChI is InChI=1S/C10H10F3N.2C2H6/c11-10(12,13)9-2-1-8-6-14-4-3-7(8)5-9;2*1-2/h1-2,5,14H,3-4,6H2;2*1-2H3. The third-order valence-corrected chi connectivity index (χ3v) is 2.42. The van der Waals surface area contributed by atoms with Crippen molar-refractivity contribution >= 4 is 0 Å². The smallest absolute Gasteiger partial charge is 0.312 e. The number of benzene rings is 1. The highest BCUT2D eigenvalue weighted by atomic mass is 19.4. The molecule has 1 aliphatic rings. The summed E-state index contributed by atoms with van der Waals surface area (Å²) in [4.78, 5) is 0. The minimum absolute atomic E-state index is 0.543. The Morgan fingerprint density at radius 2 is 1.61 bits per heavy atom. The van der Waals surface area contributed by atoms with Crippen molar-refractivity contribution in [2.45, 2.75) is 46.8 Å². The van der Waals surface area contributed by atoms with Crippen molar-refractivity contribution in [3.8, 4) is 0 Å². The Bertz CT molecular complexity index is 345. The van der Waals surface area contributed by atoms with Crippen LogP contribution in [0.5, 0.6) is 0 Å². The van der Waals surface area contributed by atoms with E-state index in [1.54, 1.807) is 6.07 Å². The van der Waals surface area contributed by atoms with Crippen molar-refractivity contribution in [1.29, 1.82) is 0 Å². The number of rotatable bonds is 0. The zero-order valence-electron chi connectivity index (χ0n) is 11.5. The van der Waals surface area contributed by atoms with E-state index in [0.29, 0.717) is 13.0 Å². The first-order valence-corrected chi connectivity index (χ1v) is 6.47. The van der Waals surface area contributed by atoms with Crippen LogP contribution in [-0.2, 0) is 19.1 Å². The van der Waals surface area contributed by atoms with E-state index in [2.05, 4.69) is 5.32 Å². The highest BCUT2D eigenvalue weighted by Crippen LogP contribution is 2.31. The van der Waals surface area contributed by atoms with E-state index in [9.17, 15) is 13.2 Å². The first-order chi connectivity index (χ1) is 8.57. The Morgan fingerprint density at radius 1 is 1.00 bits per heavy atom. The van der Waals surface area contributed by atoms with Gasteiger partial charge in [0.05, 0.1) is 5.56 Å². The normalized spacial score (nSPS) is 13.5. The van der Waals surface area contributed by atoms with Gasteiger partial charge in [-0.1, -0.05) is 33.8 Å². The molecule has 1 heterocycles. The average Bonchev–Trinajstić information content (AvgIpc) is 2.42. The van der Waals surface area contributed by atoms with Crippen LogP contribution in [-0.4, -0.2) is 6.54 Å². The van der Waals surface area contributed by atoms with Crippen LogP contribution < -0.4 is 5.32 Å². The lowest BCUT2D eigenvalue weighted by Gasteiger charge is -2.18. The summed E-state index contributed by atoms with van der Waals surface area (Å²) >= 11 is 0. The SMILES string of the molecule is CC.CC.FC(F)(F)c1ccc2c(c1)CCNC2. The van der Waals surface area contributed by atoms with Crippen molar-refractivity contribution in [1.82, 2.24) is 5.32 Å². The van der Waals surface area contributed by atoms with Gasteiger partial charge < -0.3 is 5.32 Å². The van der Waals surface area contributed by atoms with Crippen molar-refractivity contribution in [2.75, 3.05) is 6.54 Å². The molecular weight excluding hydrogens is 239 g/mol. The van der Waals surface area contributed by atoms with Gasteiger partial charge in [0, 0.05) is 6.54 Å². The number of fused-ring (bicyclic) bond motifs is 1.